The standard InChI is InChI=1S/C72H46N4/c1-3-15-53(16-4-1)73-65-23-11-7-19-57(65)61-39-31-49(43-69(61)73)51-33-41-63-59-21-9-13-25-67(59)75(71(63)45-51)55-35-27-47(28-36-55)48-29-37-56(38-30-48)76-68-26-14-10-22-60(68)64-42-34-52(46-72(64)76)50-32-40-62-58-20-8-12-24-66(58)74(70(62)44-50)54-17-5-2-6-18-54/h1-46H. The molecule has 0 N–H and O–H groups in total. The molecule has 0 aliphatic heterocycles. The summed E-state index contributed by atoms with van der Waals surface area (Å²) in [5, 5.41) is 9.99. The Balaban J connectivity index is 0.759. The maximum absolute atomic E-state index is 2.43. The maximum atomic E-state index is 2.43. The lowest BCUT2D eigenvalue weighted by Crippen LogP contribution is -1.95. The minimum absolute atomic E-state index is 1.13. The molecule has 0 aliphatic rings. The van der Waals surface area contributed by atoms with Gasteiger partial charge >= 0.3 is 0 Å². The molecule has 4 aromatic heterocycles. The van der Waals surface area contributed by atoms with Crippen LogP contribution in [0, 0.1) is 0 Å². The highest BCUT2D eigenvalue weighted by Gasteiger charge is 2.19. The van der Waals surface area contributed by atoms with Crippen molar-refractivity contribution in [1.29, 1.82) is 0 Å². The molecule has 0 saturated carbocycles. The summed E-state index contributed by atoms with van der Waals surface area (Å²) < 4.78 is 9.65. The van der Waals surface area contributed by atoms with Gasteiger partial charge in [-0.25, -0.2) is 0 Å². The fourth-order valence-electron chi connectivity index (χ4n) is 12.5. The fraction of sp³-hybridized carbons (Fsp3) is 0. The van der Waals surface area contributed by atoms with Gasteiger partial charge in [-0.2, -0.15) is 0 Å². The van der Waals surface area contributed by atoms with Crippen molar-refractivity contribution < 1.29 is 0 Å². The largest absolute Gasteiger partial charge is 0.309 e. The van der Waals surface area contributed by atoms with Crippen LogP contribution in [0.15, 0.2) is 279 Å². The van der Waals surface area contributed by atoms with Crippen molar-refractivity contribution in [2.45, 2.75) is 0 Å². The molecule has 354 valence electrons. The number of nitrogens with zero attached hydrogens (tertiary/aromatic N) is 4. The lowest BCUT2D eigenvalue weighted by molar-refractivity contribution is 1.18. The molecule has 0 atom stereocenters. The molecule has 0 spiro atoms. The van der Waals surface area contributed by atoms with Crippen molar-refractivity contribution in [3.63, 3.8) is 0 Å². The minimum atomic E-state index is 1.13. The van der Waals surface area contributed by atoms with Crippen LogP contribution < -0.4 is 0 Å². The summed E-state index contributed by atoms with van der Waals surface area (Å²) in [7, 11) is 0. The molecule has 0 fully saturated rings. The lowest BCUT2D eigenvalue weighted by atomic mass is 10.0. The van der Waals surface area contributed by atoms with Gasteiger partial charge in [-0.3, -0.25) is 0 Å². The van der Waals surface area contributed by atoms with Crippen LogP contribution in [0.4, 0.5) is 0 Å². The first-order valence-electron chi connectivity index (χ1n) is 26.2. The van der Waals surface area contributed by atoms with Crippen LogP contribution in [0.5, 0.6) is 0 Å². The van der Waals surface area contributed by atoms with Gasteiger partial charge in [-0.15, -0.1) is 0 Å². The van der Waals surface area contributed by atoms with Gasteiger partial charge < -0.3 is 18.3 Å². The third-order valence-corrected chi connectivity index (χ3v) is 16.0. The van der Waals surface area contributed by atoms with E-state index in [9.17, 15) is 0 Å². The van der Waals surface area contributed by atoms with Crippen molar-refractivity contribution in [2.24, 2.45) is 0 Å². The number of benzene rings is 12. The Morgan fingerprint density at radius 2 is 0.355 bits per heavy atom. The molecule has 4 heteroatoms. The Morgan fingerprint density at radius 3 is 0.632 bits per heavy atom. The van der Waals surface area contributed by atoms with Gasteiger partial charge in [-0.05, 0) is 130 Å². The fourth-order valence-corrected chi connectivity index (χ4v) is 12.5. The predicted octanol–water partition coefficient (Wildman–Crippen LogP) is 19.1. The monoisotopic (exact) mass is 966 g/mol. The highest BCUT2D eigenvalue weighted by molar-refractivity contribution is 6.14. The minimum Gasteiger partial charge on any atom is -0.309 e. The van der Waals surface area contributed by atoms with Crippen LogP contribution >= 0.6 is 0 Å². The number of hydrogen-bond donors (Lipinski definition) is 0. The summed E-state index contributed by atoms with van der Waals surface area (Å²) in [5.41, 5.74) is 21.2. The molecule has 0 radical (unpaired) electrons. The summed E-state index contributed by atoms with van der Waals surface area (Å²) in [6.45, 7) is 0. The van der Waals surface area contributed by atoms with Crippen molar-refractivity contribution in [2.75, 3.05) is 0 Å². The molecule has 4 heterocycles. The normalized spacial score (nSPS) is 11.9. The Kier molecular flexibility index (Phi) is 9.30. The van der Waals surface area contributed by atoms with Gasteiger partial charge in [-0.1, -0.05) is 182 Å². The van der Waals surface area contributed by atoms with Crippen molar-refractivity contribution >= 4 is 87.2 Å². The van der Waals surface area contributed by atoms with Crippen LogP contribution in [0.3, 0.4) is 0 Å². The van der Waals surface area contributed by atoms with E-state index < -0.39 is 0 Å². The Hall–Kier alpha value is -10.2. The Labute approximate surface area is 438 Å². The molecular weight excluding hydrogens is 921 g/mol. The summed E-state index contributed by atoms with van der Waals surface area (Å²) in [5.74, 6) is 0. The third-order valence-electron chi connectivity index (χ3n) is 16.0. The number of hydrogen-bond acceptors (Lipinski definition) is 0. The van der Waals surface area contributed by atoms with Crippen LogP contribution in [-0.2, 0) is 0 Å². The van der Waals surface area contributed by atoms with Gasteiger partial charge in [0.15, 0.2) is 0 Å². The third kappa shape index (κ3) is 6.44. The van der Waals surface area contributed by atoms with Crippen LogP contribution in [0.2, 0.25) is 0 Å². The Morgan fingerprint density at radius 1 is 0.145 bits per heavy atom. The molecule has 0 bridgehead atoms. The van der Waals surface area contributed by atoms with Gasteiger partial charge in [0.2, 0.25) is 0 Å². The summed E-state index contributed by atoms with van der Waals surface area (Å²) in [6.07, 6.45) is 0. The first-order chi connectivity index (χ1) is 37.7. The maximum Gasteiger partial charge on any atom is 0.0547 e. The SMILES string of the molecule is c1ccc(-n2c3ccccc3c3ccc(-c4ccc5c6ccccc6n(-c6ccc(-c7ccc(-n8c9ccccc9c9ccc(-c%10ccc%11c%12ccccc%12n(-c%12ccccc%12)c%11c%10)cc98)cc7)cc6)c5c4)cc32)cc1. The van der Waals surface area contributed by atoms with E-state index in [2.05, 4.69) is 297 Å². The van der Waals surface area contributed by atoms with E-state index in [1.54, 1.807) is 0 Å². The zero-order chi connectivity index (χ0) is 49.8. The molecule has 0 aliphatic carbocycles. The second-order valence-corrected chi connectivity index (χ2v) is 20.1. The number of para-hydroxylation sites is 6. The van der Waals surface area contributed by atoms with E-state index in [0.717, 1.165) is 22.7 Å². The van der Waals surface area contributed by atoms with E-state index in [0.29, 0.717) is 0 Å². The van der Waals surface area contributed by atoms with Crippen molar-refractivity contribution in [3.8, 4) is 56.1 Å². The molecule has 76 heavy (non-hydrogen) atoms. The molecule has 12 aromatic carbocycles. The van der Waals surface area contributed by atoms with E-state index in [1.807, 2.05) is 0 Å². The molecule has 16 aromatic rings. The average Bonchev–Trinajstić information content (AvgIpc) is 4.26. The van der Waals surface area contributed by atoms with Crippen LogP contribution in [0.1, 0.15) is 0 Å². The molecule has 0 unspecified atom stereocenters. The molecule has 0 amide bonds. The quantitative estimate of drug-likeness (QED) is 0.152. The number of aromatic nitrogens is 4. The lowest BCUT2D eigenvalue weighted by Gasteiger charge is -2.12. The topological polar surface area (TPSA) is 19.7 Å². The van der Waals surface area contributed by atoms with E-state index in [1.165, 1.54) is 121 Å². The molecule has 0 saturated heterocycles. The highest BCUT2D eigenvalue weighted by atomic mass is 15.0. The van der Waals surface area contributed by atoms with Gasteiger partial charge in [0.05, 0.1) is 44.1 Å². The molecule has 4 nitrogen and oxygen atoms in total. The first kappa shape index (κ1) is 42.4. The molecule has 16 rings (SSSR count). The highest BCUT2D eigenvalue weighted by Crippen LogP contribution is 2.41. The second-order valence-electron chi connectivity index (χ2n) is 20.1. The number of fused-ring (bicyclic) bond motifs is 12. The van der Waals surface area contributed by atoms with Crippen molar-refractivity contribution in [1.82, 2.24) is 18.3 Å². The van der Waals surface area contributed by atoms with E-state index in [-0.39, 0.29) is 0 Å². The van der Waals surface area contributed by atoms with Gasteiger partial charge in [0.25, 0.3) is 0 Å². The summed E-state index contributed by atoms with van der Waals surface area (Å²) in [6, 6.07) is 102. The average molecular weight is 967 g/mol. The van der Waals surface area contributed by atoms with Crippen LogP contribution in [-0.4, -0.2) is 18.3 Å². The van der Waals surface area contributed by atoms with Crippen LogP contribution in [0.25, 0.3) is 143 Å². The number of rotatable bonds is 7. The zero-order valence-corrected chi connectivity index (χ0v) is 41.3. The Bertz CT molecular complexity index is 4640. The van der Waals surface area contributed by atoms with E-state index >= 15 is 0 Å². The first-order valence-corrected chi connectivity index (χ1v) is 26.2. The zero-order valence-electron chi connectivity index (χ0n) is 41.3. The smallest absolute Gasteiger partial charge is 0.0547 e. The van der Waals surface area contributed by atoms with Crippen molar-refractivity contribution in [3.05, 3.63) is 279 Å². The summed E-state index contributed by atoms with van der Waals surface area (Å²) in [4.78, 5) is 0. The van der Waals surface area contributed by atoms with Gasteiger partial charge in [0.1, 0.15) is 0 Å². The predicted molar refractivity (Wildman–Crippen MR) is 320 cm³/mol. The van der Waals surface area contributed by atoms with E-state index in [4.69, 9.17) is 0 Å². The second kappa shape index (κ2) is 16.7. The van der Waals surface area contributed by atoms with Gasteiger partial charge in [0, 0.05) is 65.8 Å². The summed E-state index contributed by atoms with van der Waals surface area (Å²) >= 11 is 0. The molecular formula is C72H46N4.